The predicted molar refractivity (Wildman–Crippen MR) is 63.9 cm³/mol. The Morgan fingerprint density at radius 2 is 1.78 bits per heavy atom. The van der Waals surface area contributed by atoms with E-state index >= 15 is 0 Å². The highest BCUT2D eigenvalue weighted by Crippen LogP contribution is 2.06. The van der Waals surface area contributed by atoms with Crippen molar-refractivity contribution in [3.8, 4) is 0 Å². The van der Waals surface area contributed by atoms with E-state index in [2.05, 4.69) is 5.32 Å². The lowest BCUT2D eigenvalue weighted by molar-refractivity contribution is -0.144. The zero-order valence-corrected chi connectivity index (χ0v) is 10.7. The average molecular weight is 257 g/mol. The van der Waals surface area contributed by atoms with Crippen LogP contribution in [0.4, 0.5) is 0 Å². The Labute approximate surface area is 106 Å². The molecule has 0 spiro atoms. The lowest BCUT2D eigenvalue weighted by atomic mass is 10.2. The topological polar surface area (TPSA) is 90.0 Å². The summed E-state index contributed by atoms with van der Waals surface area (Å²) in [4.78, 5) is 36.7. The van der Waals surface area contributed by atoms with Crippen LogP contribution in [-0.4, -0.2) is 71.5 Å². The van der Waals surface area contributed by atoms with Crippen molar-refractivity contribution in [2.24, 2.45) is 0 Å². The Morgan fingerprint density at radius 1 is 1.22 bits per heavy atom. The number of carboxylic acid groups (broad SMARTS) is 1. The molecule has 102 valence electrons. The fourth-order valence-electron chi connectivity index (χ4n) is 1.83. The Hall–Kier alpha value is -1.63. The molecule has 7 heteroatoms. The van der Waals surface area contributed by atoms with Crippen molar-refractivity contribution in [3.63, 3.8) is 0 Å². The van der Waals surface area contributed by atoms with Gasteiger partial charge in [-0.15, -0.1) is 0 Å². The van der Waals surface area contributed by atoms with Gasteiger partial charge in [0.1, 0.15) is 6.04 Å². The first-order valence-corrected chi connectivity index (χ1v) is 5.91. The van der Waals surface area contributed by atoms with Gasteiger partial charge in [0.25, 0.3) is 0 Å². The van der Waals surface area contributed by atoms with Crippen LogP contribution < -0.4 is 5.32 Å². The molecule has 0 saturated carbocycles. The van der Waals surface area contributed by atoms with Crippen LogP contribution in [0, 0.1) is 0 Å². The number of amides is 2. The second-order valence-corrected chi connectivity index (χ2v) is 4.34. The van der Waals surface area contributed by atoms with Gasteiger partial charge in [-0.2, -0.15) is 0 Å². The molecule has 0 bridgehead atoms. The van der Waals surface area contributed by atoms with Gasteiger partial charge in [-0.25, -0.2) is 0 Å². The molecule has 0 aromatic rings. The first-order valence-electron chi connectivity index (χ1n) is 5.91. The monoisotopic (exact) mass is 257 g/mol. The molecule has 0 radical (unpaired) electrons. The largest absolute Gasteiger partial charge is 0.480 e. The molecule has 1 saturated heterocycles. The molecule has 2 amide bonds. The van der Waals surface area contributed by atoms with Crippen LogP contribution in [0.2, 0.25) is 0 Å². The Kier molecular flexibility index (Phi) is 5.08. The SMILES string of the molecule is CC(=O)NCC(=O)N1CCN(C(C)C(=O)O)CC1. The number of carbonyl (C=O) groups is 3. The molecule has 2 N–H and O–H groups in total. The fourth-order valence-corrected chi connectivity index (χ4v) is 1.83. The highest BCUT2D eigenvalue weighted by atomic mass is 16.4. The molecule has 1 aliphatic rings. The quantitative estimate of drug-likeness (QED) is 0.656. The number of carbonyl (C=O) groups excluding carboxylic acids is 2. The normalized spacial score (nSPS) is 18.2. The summed E-state index contributed by atoms with van der Waals surface area (Å²) in [5, 5.41) is 11.3. The minimum atomic E-state index is -0.854. The summed E-state index contributed by atoms with van der Waals surface area (Å²) >= 11 is 0. The molecule has 1 rings (SSSR count). The third-order valence-corrected chi connectivity index (χ3v) is 3.06. The van der Waals surface area contributed by atoms with Crippen LogP contribution in [0.15, 0.2) is 0 Å². The van der Waals surface area contributed by atoms with Crippen molar-refractivity contribution >= 4 is 17.8 Å². The number of nitrogens with zero attached hydrogens (tertiary/aromatic N) is 2. The highest BCUT2D eigenvalue weighted by Gasteiger charge is 2.26. The first-order chi connectivity index (χ1) is 8.41. The number of nitrogens with one attached hydrogen (secondary N) is 1. The van der Waals surface area contributed by atoms with E-state index in [9.17, 15) is 14.4 Å². The molecule has 7 nitrogen and oxygen atoms in total. The molecule has 18 heavy (non-hydrogen) atoms. The third kappa shape index (κ3) is 3.99. The molecule has 1 aliphatic heterocycles. The summed E-state index contributed by atoms with van der Waals surface area (Å²) in [5.41, 5.74) is 0. The smallest absolute Gasteiger partial charge is 0.320 e. The molecule has 1 fully saturated rings. The van der Waals surface area contributed by atoms with Crippen molar-refractivity contribution in [2.45, 2.75) is 19.9 Å². The van der Waals surface area contributed by atoms with E-state index in [0.717, 1.165) is 0 Å². The number of aliphatic carboxylic acids is 1. The van der Waals surface area contributed by atoms with Crippen molar-refractivity contribution in [3.05, 3.63) is 0 Å². The Balaban J connectivity index is 2.37. The minimum absolute atomic E-state index is 0.00379. The summed E-state index contributed by atoms with van der Waals surface area (Å²) < 4.78 is 0. The maximum absolute atomic E-state index is 11.7. The maximum Gasteiger partial charge on any atom is 0.320 e. The molecule has 0 aromatic carbocycles. The predicted octanol–water partition coefficient (Wildman–Crippen LogP) is -1.26. The van der Waals surface area contributed by atoms with E-state index in [1.54, 1.807) is 11.8 Å². The molecule has 1 unspecified atom stereocenters. The second-order valence-electron chi connectivity index (χ2n) is 4.34. The van der Waals surface area contributed by atoms with Crippen molar-refractivity contribution in [2.75, 3.05) is 32.7 Å². The molecule has 0 aliphatic carbocycles. The van der Waals surface area contributed by atoms with Crippen LogP contribution in [-0.2, 0) is 14.4 Å². The van der Waals surface area contributed by atoms with Gasteiger partial charge < -0.3 is 15.3 Å². The Bertz CT molecular complexity index is 337. The zero-order chi connectivity index (χ0) is 13.7. The van der Waals surface area contributed by atoms with Crippen molar-refractivity contribution in [1.82, 2.24) is 15.1 Å². The molecular formula is C11H19N3O4. The van der Waals surface area contributed by atoms with E-state index < -0.39 is 12.0 Å². The summed E-state index contributed by atoms with van der Waals surface area (Å²) in [6.07, 6.45) is 0. The molecule has 1 atom stereocenters. The zero-order valence-electron chi connectivity index (χ0n) is 10.7. The summed E-state index contributed by atoms with van der Waals surface area (Å²) in [6, 6.07) is -0.530. The van der Waals surface area contributed by atoms with Gasteiger partial charge in [-0.3, -0.25) is 19.3 Å². The van der Waals surface area contributed by atoms with Gasteiger partial charge in [0, 0.05) is 33.1 Å². The first kappa shape index (κ1) is 14.4. The molecule has 0 aromatic heterocycles. The second kappa shape index (κ2) is 6.34. The lowest BCUT2D eigenvalue weighted by Crippen LogP contribution is -2.54. The average Bonchev–Trinajstić information content (AvgIpc) is 2.35. The van der Waals surface area contributed by atoms with Crippen LogP contribution in [0.3, 0.4) is 0 Å². The van der Waals surface area contributed by atoms with E-state index in [0.29, 0.717) is 26.2 Å². The summed E-state index contributed by atoms with van der Waals surface area (Å²) in [5.74, 6) is -1.22. The van der Waals surface area contributed by atoms with E-state index in [1.807, 2.05) is 4.90 Å². The summed E-state index contributed by atoms with van der Waals surface area (Å²) in [7, 11) is 0. The highest BCUT2D eigenvalue weighted by molar-refractivity contribution is 5.83. The third-order valence-electron chi connectivity index (χ3n) is 3.06. The maximum atomic E-state index is 11.7. The number of piperazine rings is 1. The minimum Gasteiger partial charge on any atom is -0.480 e. The number of rotatable bonds is 4. The van der Waals surface area contributed by atoms with Gasteiger partial charge >= 0.3 is 5.97 Å². The standard InChI is InChI=1S/C11H19N3O4/c1-8(11(17)18)13-3-5-14(6-4-13)10(16)7-12-9(2)15/h8H,3-7H2,1-2H3,(H,12,15)(H,17,18). The fraction of sp³-hybridized carbons (Fsp3) is 0.727. The lowest BCUT2D eigenvalue weighted by Gasteiger charge is -2.36. The van der Waals surface area contributed by atoms with Crippen molar-refractivity contribution < 1.29 is 19.5 Å². The Morgan fingerprint density at radius 3 is 2.22 bits per heavy atom. The van der Waals surface area contributed by atoms with Crippen LogP contribution in [0.5, 0.6) is 0 Å². The van der Waals surface area contributed by atoms with Crippen LogP contribution in [0.25, 0.3) is 0 Å². The molecule has 1 heterocycles. The van der Waals surface area contributed by atoms with E-state index in [1.165, 1.54) is 6.92 Å². The number of carboxylic acids is 1. The molecular weight excluding hydrogens is 238 g/mol. The van der Waals surface area contributed by atoms with Gasteiger partial charge in [-0.1, -0.05) is 0 Å². The van der Waals surface area contributed by atoms with E-state index in [4.69, 9.17) is 5.11 Å². The van der Waals surface area contributed by atoms with Crippen LogP contribution >= 0.6 is 0 Å². The summed E-state index contributed by atoms with van der Waals surface area (Å²) in [6.45, 7) is 5.07. The number of hydrogen-bond donors (Lipinski definition) is 2. The number of hydrogen-bond acceptors (Lipinski definition) is 4. The van der Waals surface area contributed by atoms with Gasteiger partial charge in [0.05, 0.1) is 6.54 Å². The van der Waals surface area contributed by atoms with Crippen LogP contribution in [0.1, 0.15) is 13.8 Å². The van der Waals surface area contributed by atoms with Crippen molar-refractivity contribution in [1.29, 1.82) is 0 Å². The van der Waals surface area contributed by atoms with Gasteiger partial charge in [0.2, 0.25) is 11.8 Å². The van der Waals surface area contributed by atoms with Gasteiger partial charge in [-0.05, 0) is 6.92 Å². The van der Waals surface area contributed by atoms with E-state index in [-0.39, 0.29) is 18.4 Å². The van der Waals surface area contributed by atoms with Gasteiger partial charge in [0.15, 0.2) is 0 Å².